The van der Waals surface area contributed by atoms with E-state index < -0.39 is 0 Å². The lowest BCUT2D eigenvalue weighted by Crippen LogP contribution is -2.31. The number of aromatic nitrogens is 3. The van der Waals surface area contributed by atoms with Crippen LogP contribution in [0.25, 0.3) is 0 Å². The fourth-order valence-corrected chi connectivity index (χ4v) is 11.0. The molecule has 3 aromatic heterocycles. The Balaban J connectivity index is 1.15. The summed E-state index contributed by atoms with van der Waals surface area (Å²) in [4.78, 5) is 23.0. The quantitative estimate of drug-likeness (QED) is 0.109. The number of pyridine rings is 3. The molecule has 6 rings (SSSR count). The van der Waals surface area contributed by atoms with Gasteiger partial charge >= 0.3 is 0 Å². The first-order chi connectivity index (χ1) is 28.3. The van der Waals surface area contributed by atoms with E-state index in [-0.39, 0.29) is 12.2 Å². The Labute approximate surface area is 361 Å². The Morgan fingerprint density at radius 2 is 1.05 bits per heavy atom. The van der Waals surface area contributed by atoms with Crippen molar-refractivity contribution >= 4 is 11.8 Å². The first-order valence-corrected chi connectivity index (χ1v) is 23.7. The third kappa shape index (κ3) is 11.5. The second kappa shape index (κ2) is 21.1. The standard InChI is InChI=1S/C49H76N6O3S/c1-31(2)42-18-15-39(33-13-14-38(23-33)56-9)45(50-42)29-54(7)26-36-21-34(24-47(36)57-10)40-16-19-43(32(3)4)51-46(40)30-55(8)27-37-22-35(25-48(37)58-11)41-17-20-49(59-12)52-44(41)28-53(5)6/h15-20,31-38,47-48H,13-14,21-30H2,1-12H3/t33?,34-,35+,36?,37?,38?,47+,48+/m0/s1. The van der Waals surface area contributed by atoms with Crippen LogP contribution in [0.2, 0.25) is 0 Å². The monoisotopic (exact) mass is 829 g/mol. The fraction of sp³-hybridized carbons (Fsp3) is 0.694. The molecule has 0 radical (unpaired) electrons. The van der Waals surface area contributed by atoms with Crippen LogP contribution in [-0.2, 0) is 33.8 Å². The van der Waals surface area contributed by atoms with Crippen LogP contribution in [-0.4, -0.2) is 117 Å². The Morgan fingerprint density at radius 1 is 0.576 bits per heavy atom. The lowest BCUT2D eigenvalue weighted by atomic mass is 9.92. The van der Waals surface area contributed by atoms with Gasteiger partial charge in [-0.1, -0.05) is 45.9 Å². The summed E-state index contributed by atoms with van der Waals surface area (Å²) in [6.07, 6.45) is 10.5. The van der Waals surface area contributed by atoms with Crippen molar-refractivity contribution in [2.24, 2.45) is 11.8 Å². The number of nitrogens with zero attached hydrogens (tertiary/aromatic N) is 6. The van der Waals surface area contributed by atoms with Gasteiger partial charge in [-0.3, -0.25) is 9.97 Å². The van der Waals surface area contributed by atoms with Crippen LogP contribution in [0.4, 0.5) is 0 Å². The van der Waals surface area contributed by atoms with Crippen molar-refractivity contribution in [3.8, 4) is 0 Å². The average Bonchev–Trinajstić information content (AvgIpc) is 3.96. The summed E-state index contributed by atoms with van der Waals surface area (Å²) >= 11 is 1.72. The molecule has 0 spiro atoms. The molecule has 326 valence electrons. The van der Waals surface area contributed by atoms with E-state index in [0.717, 1.165) is 76.3 Å². The highest BCUT2D eigenvalue weighted by Crippen LogP contribution is 2.44. The highest BCUT2D eigenvalue weighted by molar-refractivity contribution is 7.98. The van der Waals surface area contributed by atoms with Crippen molar-refractivity contribution in [3.05, 3.63) is 81.6 Å². The van der Waals surface area contributed by atoms with Crippen molar-refractivity contribution in [3.63, 3.8) is 0 Å². The van der Waals surface area contributed by atoms with Crippen LogP contribution in [0.15, 0.2) is 41.4 Å². The Hall–Kier alpha value is -2.44. The molecule has 0 N–H and O–H groups in total. The van der Waals surface area contributed by atoms with Crippen LogP contribution in [0.5, 0.6) is 0 Å². The molecule has 3 fully saturated rings. The van der Waals surface area contributed by atoms with Crippen molar-refractivity contribution in [2.45, 2.75) is 145 Å². The van der Waals surface area contributed by atoms with E-state index in [9.17, 15) is 0 Å². The predicted octanol–water partition coefficient (Wildman–Crippen LogP) is 9.47. The normalized spacial score (nSPS) is 26.2. The zero-order valence-electron chi connectivity index (χ0n) is 38.5. The van der Waals surface area contributed by atoms with Gasteiger partial charge in [0.2, 0.25) is 0 Å². The lowest BCUT2D eigenvalue weighted by Gasteiger charge is -2.27. The predicted molar refractivity (Wildman–Crippen MR) is 243 cm³/mol. The smallest absolute Gasteiger partial charge is 0.0961 e. The number of ether oxygens (including phenoxy) is 3. The maximum Gasteiger partial charge on any atom is 0.0961 e. The van der Waals surface area contributed by atoms with Gasteiger partial charge in [-0.05, 0) is 156 Å². The van der Waals surface area contributed by atoms with Crippen LogP contribution in [0, 0.1) is 11.8 Å². The Bertz CT molecular complexity index is 1810. The highest BCUT2D eigenvalue weighted by atomic mass is 32.2. The molecule has 8 atom stereocenters. The van der Waals surface area contributed by atoms with Gasteiger partial charge < -0.3 is 28.9 Å². The minimum atomic E-state index is 0.208. The maximum atomic E-state index is 6.28. The zero-order valence-corrected chi connectivity index (χ0v) is 39.4. The molecular formula is C49H76N6O3S. The van der Waals surface area contributed by atoms with E-state index in [0.29, 0.717) is 47.5 Å². The first-order valence-electron chi connectivity index (χ1n) is 22.4. The van der Waals surface area contributed by atoms with Crippen LogP contribution < -0.4 is 0 Å². The summed E-state index contributed by atoms with van der Waals surface area (Å²) in [6, 6.07) is 13.8. The summed E-state index contributed by atoms with van der Waals surface area (Å²) in [5.41, 5.74) is 10.2. The summed E-state index contributed by atoms with van der Waals surface area (Å²) < 4.78 is 18.3. The van der Waals surface area contributed by atoms with E-state index in [4.69, 9.17) is 29.2 Å². The molecule has 0 amide bonds. The molecule has 4 unspecified atom stereocenters. The van der Waals surface area contributed by atoms with E-state index in [2.05, 4.69) is 113 Å². The van der Waals surface area contributed by atoms with Gasteiger partial charge in [0.25, 0.3) is 0 Å². The molecule has 3 saturated carbocycles. The first kappa shape index (κ1) is 46.1. The van der Waals surface area contributed by atoms with E-state index in [1.807, 2.05) is 21.3 Å². The van der Waals surface area contributed by atoms with E-state index >= 15 is 0 Å². The van der Waals surface area contributed by atoms with Gasteiger partial charge in [-0.25, -0.2) is 4.98 Å². The number of thioether (sulfide) groups is 1. The van der Waals surface area contributed by atoms with Crippen molar-refractivity contribution in [1.29, 1.82) is 0 Å². The second-order valence-electron chi connectivity index (χ2n) is 19.1. The number of rotatable bonds is 19. The van der Waals surface area contributed by atoms with E-state index in [1.54, 1.807) is 11.8 Å². The summed E-state index contributed by atoms with van der Waals surface area (Å²) in [7, 11) is 14.5. The largest absolute Gasteiger partial charge is 0.381 e. The van der Waals surface area contributed by atoms with E-state index in [1.165, 1.54) is 51.6 Å². The van der Waals surface area contributed by atoms with Crippen molar-refractivity contribution < 1.29 is 14.2 Å². The fourth-order valence-electron chi connectivity index (χ4n) is 10.6. The van der Waals surface area contributed by atoms with Crippen LogP contribution in [0.1, 0.15) is 147 Å². The van der Waals surface area contributed by atoms with Gasteiger partial charge in [0, 0.05) is 65.4 Å². The zero-order chi connectivity index (χ0) is 42.4. The Kier molecular flexibility index (Phi) is 16.5. The van der Waals surface area contributed by atoms with Crippen molar-refractivity contribution in [1.82, 2.24) is 29.7 Å². The van der Waals surface area contributed by atoms with Gasteiger partial charge in [0.1, 0.15) is 0 Å². The SMILES string of the molecule is COC1CCC(c2ccc(C(C)C)nc2CN(C)CC2C[C@H](c3ccc(C(C)C)nc3CN(C)CC3C[C@@H](c4ccc(SC)nc4CN(C)C)C[C@H]3OC)C[C@H]2OC)C1. The van der Waals surface area contributed by atoms with Gasteiger partial charge in [-0.15, -0.1) is 11.8 Å². The van der Waals surface area contributed by atoms with Gasteiger partial charge in [0.05, 0.1) is 40.4 Å². The molecule has 3 aromatic rings. The molecule has 0 saturated heterocycles. The third-order valence-electron chi connectivity index (χ3n) is 13.7. The summed E-state index contributed by atoms with van der Waals surface area (Å²) in [6.45, 7) is 13.5. The summed E-state index contributed by atoms with van der Waals surface area (Å²) in [5.74, 6) is 3.02. The summed E-state index contributed by atoms with van der Waals surface area (Å²) in [5, 5.41) is 1.09. The number of hydrogen-bond acceptors (Lipinski definition) is 10. The molecule has 3 heterocycles. The van der Waals surface area contributed by atoms with Crippen LogP contribution >= 0.6 is 11.8 Å². The Morgan fingerprint density at radius 3 is 1.47 bits per heavy atom. The minimum absolute atomic E-state index is 0.208. The lowest BCUT2D eigenvalue weighted by molar-refractivity contribution is 0.0562. The average molecular weight is 829 g/mol. The van der Waals surface area contributed by atoms with Gasteiger partial charge in [-0.2, -0.15) is 0 Å². The van der Waals surface area contributed by atoms with Gasteiger partial charge in [0.15, 0.2) is 0 Å². The van der Waals surface area contributed by atoms with Crippen molar-refractivity contribution in [2.75, 3.05) is 68.9 Å². The number of hydrogen-bond donors (Lipinski definition) is 0. The molecular weight excluding hydrogens is 753 g/mol. The number of methoxy groups -OCH3 is 3. The molecule has 0 bridgehead atoms. The molecule has 59 heavy (non-hydrogen) atoms. The third-order valence-corrected chi connectivity index (χ3v) is 14.4. The molecule has 10 heteroatoms. The molecule has 3 aliphatic rings. The molecule has 0 aromatic carbocycles. The molecule has 0 aliphatic heterocycles. The topological polar surface area (TPSA) is 76.1 Å². The highest BCUT2D eigenvalue weighted by Gasteiger charge is 2.39. The van der Waals surface area contributed by atoms with Crippen LogP contribution in [0.3, 0.4) is 0 Å². The maximum absolute atomic E-state index is 6.28. The second-order valence-corrected chi connectivity index (χ2v) is 20.0. The minimum Gasteiger partial charge on any atom is -0.381 e. The molecule has 3 aliphatic carbocycles. The molecule has 9 nitrogen and oxygen atoms in total.